The van der Waals surface area contributed by atoms with Crippen LogP contribution < -0.4 is 0 Å². The van der Waals surface area contributed by atoms with Crippen LogP contribution in [0.25, 0.3) is 0 Å². The maximum absolute atomic E-state index is 11.8. The van der Waals surface area contributed by atoms with Gasteiger partial charge in [-0.15, -0.1) is 0 Å². The minimum atomic E-state index is -0.995. The molecule has 0 aromatic heterocycles. The maximum atomic E-state index is 11.8. The molecule has 11 nitrogen and oxygen atoms in total. The SMILES string of the molecule is O=C(O)CN1CCN(CC(=O)O)CCN(CC(=O)[B]P)CCN(CC(=O)O)CC1. The number of aliphatic carboxylic acids is 3. The van der Waals surface area contributed by atoms with Crippen LogP contribution in [-0.4, -0.2) is 144 Å². The smallest absolute Gasteiger partial charge is 0.317 e. The van der Waals surface area contributed by atoms with E-state index in [0.717, 1.165) is 0 Å². The molecule has 1 unspecified atom stereocenters. The largest absolute Gasteiger partial charge is 0.480 e. The van der Waals surface area contributed by atoms with Crippen molar-refractivity contribution in [2.45, 2.75) is 0 Å². The van der Waals surface area contributed by atoms with Crippen molar-refractivity contribution in [2.75, 3.05) is 78.5 Å². The normalized spacial score (nSPS) is 19.1. The van der Waals surface area contributed by atoms with Crippen LogP contribution in [0, 0.1) is 0 Å². The van der Waals surface area contributed by atoms with Gasteiger partial charge in [-0.1, -0.05) is 0 Å². The highest BCUT2D eigenvalue weighted by atomic mass is 31.0. The topological polar surface area (TPSA) is 142 Å². The van der Waals surface area contributed by atoms with Crippen LogP contribution in [0.1, 0.15) is 0 Å². The molecule has 13 heteroatoms. The van der Waals surface area contributed by atoms with Crippen LogP contribution >= 0.6 is 9.12 Å². The zero-order valence-electron chi connectivity index (χ0n) is 16.4. The van der Waals surface area contributed by atoms with Gasteiger partial charge in [-0.3, -0.25) is 34.0 Å². The minimum absolute atomic E-state index is 0.0932. The number of carboxylic acids is 3. The van der Waals surface area contributed by atoms with E-state index in [1.165, 1.54) is 7.00 Å². The molecule has 1 aliphatic heterocycles. The van der Waals surface area contributed by atoms with E-state index in [-0.39, 0.29) is 31.9 Å². The first-order chi connectivity index (χ1) is 13.7. The van der Waals surface area contributed by atoms with E-state index < -0.39 is 17.9 Å². The van der Waals surface area contributed by atoms with E-state index in [4.69, 9.17) is 15.3 Å². The summed E-state index contributed by atoms with van der Waals surface area (Å²) in [7, 11) is 2.26. The third-order valence-corrected chi connectivity index (χ3v) is 4.94. The molecule has 1 aliphatic rings. The molecule has 0 bridgehead atoms. The van der Waals surface area contributed by atoms with E-state index in [9.17, 15) is 19.2 Å². The second-order valence-electron chi connectivity index (χ2n) is 6.92. The van der Waals surface area contributed by atoms with Gasteiger partial charge in [-0.2, -0.15) is 9.12 Å². The van der Waals surface area contributed by atoms with Crippen LogP contribution in [0.4, 0.5) is 0 Å². The summed E-state index contributed by atoms with van der Waals surface area (Å²) in [5.74, 6) is -2.95. The monoisotopic (exact) mass is 431 g/mol. The lowest BCUT2D eigenvalue weighted by atomic mass is 10.0. The molecule has 1 rings (SSSR count). The summed E-state index contributed by atoms with van der Waals surface area (Å²) in [5.41, 5.74) is -0.0932. The predicted octanol–water partition coefficient (Wildman–Crippen LogP) is -2.52. The Kier molecular flexibility index (Phi) is 11.9. The number of carbonyl (C=O) groups is 4. The molecular formula is C16H29BN4O7P. The summed E-state index contributed by atoms with van der Waals surface area (Å²) >= 11 is 0. The lowest BCUT2D eigenvalue weighted by molar-refractivity contribution is -0.140. The van der Waals surface area contributed by atoms with Gasteiger partial charge in [-0.25, -0.2) is 0 Å². The molecule has 1 radical (unpaired) electrons. The van der Waals surface area contributed by atoms with Crippen molar-refractivity contribution in [1.82, 2.24) is 19.6 Å². The number of hydrogen-bond acceptors (Lipinski definition) is 8. The lowest BCUT2D eigenvalue weighted by Gasteiger charge is -2.32. The van der Waals surface area contributed by atoms with Crippen LogP contribution in [-0.2, 0) is 19.2 Å². The number of rotatable bonds is 9. The van der Waals surface area contributed by atoms with E-state index in [1.807, 2.05) is 4.90 Å². The Morgan fingerprint density at radius 3 is 1.03 bits per heavy atom. The minimum Gasteiger partial charge on any atom is -0.480 e. The van der Waals surface area contributed by atoms with Crippen molar-refractivity contribution < 1.29 is 34.5 Å². The van der Waals surface area contributed by atoms with Crippen molar-refractivity contribution in [3.63, 3.8) is 0 Å². The van der Waals surface area contributed by atoms with Crippen LogP contribution in [0.15, 0.2) is 0 Å². The number of nitrogens with zero attached hydrogens (tertiary/aromatic N) is 4. The molecule has 0 saturated carbocycles. The van der Waals surface area contributed by atoms with Crippen molar-refractivity contribution in [2.24, 2.45) is 0 Å². The second kappa shape index (κ2) is 13.6. The van der Waals surface area contributed by atoms with Crippen molar-refractivity contribution in [1.29, 1.82) is 0 Å². The van der Waals surface area contributed by atoms with Gasteiger partial charge in [0.25, 0.3) is 0 Å². The first-order valence-electron chi connectivity index (χ1n) is 9.32. The number of hydrogen-bond donors (Lipinski definition) is 3. The number of carboxylic acid groups (broad SMARTS) is 3. The zero-order valence-corrected chi connectivity index (χ0v) is 17.6. The summed E-state index contributed by atoms with van der Waals surface area (Å²) in [6.45, 7) is 4.09. The predicted molar refractivity (Wildman–Crippen MR) is 109 cm³/mol. The highest BCUT2D eigenvalue weighted by Crippen LogP contribution is 2.02. The molecule has 29 heavy (non-hydrogen) atoms. The van der Waals surface area contributed by atoms with Crippen LogP contribution in [0.5, 0.6) is 0 Å². The highest BCUT2D eigenvalue weighted by molar-refractivity contribution is 7.62. The Labute approximate surface area is 173 Å². The summed E-state index contributed by atoms with van der Waals surface area (Å²) in [5, 5.41) is 27.4. The van der Waals surface area contributed by atoms with Crippen molar-refractivity contribution in [3.8, 4) is 0 Å². The molecule has 0 amide bonds. The summed E-state index contributed by atoms with van der Waals surface area (Å²) in [4.78, 5) is 52.3. The van der Waals surface area contributed by atoms with Gasteiger partial charge in [0.2, 0.25) is 7.00 Å². The Balaban J connectivity index is 2.92. The van der Waals surface area contributed by atoms with E-state index in [0.29, 0.717) is 52.4 Å². The molecule has 0 aliphatic carbocycles. The molecule has 163 valence electrons. The Morgan fingerprint density at radius 2 is 0.828 bits per heavy atom. The van der Waals surface area contributed by atoms with Gasteiger partial charge in [0.15, 0.2) is 0 Å². The van der Waals surface area contributed by atoms with E-state index >= 15 is 0 Å². The lowest BCUT2D eigenvalue weighted by Crippen LogP contribution is -2.49. The first-order valence-corrected chi connectivity index (χ1v) is 9.98. The molecule has 0 aromatic rings. The molecule has 1 heterocycles. The maximum Gasteiger partial charge on any atom is 0.317 e. The number of carbonyl (C=O) groups excluding carboxylic acids is 1. The van der Waals surface area contributed by atoms with Gasteiger partial charge in [0.1, 0.15) is 5.68 Å². The summed E-state index contributed by atoms with van der Waals surface area (Å²) in [6.07, 6.45) is 0. The average molecular weight is 431 g/mol. The quantitative estimate of drug-likeness (QED) is 0.263. The van der Waals surface area contributed by atoms with Crippen LogP contribution in [0.3, 0.4) is 0 Å². The molecule has 1 saturated heterocycles. The molecule has 0 spiro atoms. The molecule has 0 aromatic carbocycles. The van der Waals surface area contributed by atoms with Crippen LogP contribution in [0.2, 0.25) is 0 Å². The Hall–Kier alpha value is -1.59. The summed E-state index contributed by atoms with van der Waals surface area (Å²) < 4.78 is 0. The zero-order chi connectivity index (χ0) is 21.8. The third kappa shape index (κ3) is 11.9. The fourth-order valence-electron chi connectivity index (χ4n) is 3.06. The fourth-order valence-corrected chi connectivity index (χ4v) is 3.16. The van der Waals surface area contributed by atoms with Gasteiger partial charge in [0.05, 0.1) is 19.6 Å². The van der Waals surface area contributed by atoms with E-state index in [1.54, 1.807) is 14.7 Å². The van der Waals surface area contributed by atoms with Gasteiger partial charge >= 0.3 is 17.9 Å². The van der Waals surface area contributed by atoms with Crippen molar-refractivity contribution in [3.05, 3.63) is 0 Å². The second-order valence-corrected chi connectivity index (χ2v) is 7.25. The summed E-state index contributed by atoms with van der Waals surface area (Å²) in [6, 6.07) is 0. The van der Waals surface area contributed by atoms with E-state index in [2.05, 4.69) is 9.12 Å². The average Bonchev–Trinajstić information content (AvgIpc) is 2.62. The Morgan fingerprint density at radius 1 is 0.586 bits per heavy atom. The standard InChI is InChI=1S/C16H29BN4O7P/c22-13(17-29)9-18-1-3-19(10-14(23)24)5-7-21(12-16(27)28)8-6-20(4-2-18)11-15(25)26/h1-12,29H2,(H,23,24)(H,25,26)(H,27,28). The Bertz CT molecular complexity index is 551. The third-order valence-electron chi connectivity index (χ3n) is 4.57. The van der Waals surface area contributed by atoms with Gasteiger partial charge in [-0.05, 0) is 0 Å². The highest BCUT2D eigenvalue weighted by Gasteiger charge is 2.20. The van der Waals surface area contributed by atoms with Gasteiger partial charge in [0, 0.05) is 58.9 Å². The molecule has 1 fully saturated rings. The fraction of sp³-hybridized carbons (Fsp3) is 0.750. The molecule has 1 atom stereocenters. The molecular weight excluding hydrogens is 402 g/mol. The first kappa shape index (κ1) is 25.5. The molecule has 3 N–H and O–H groups in total. The van der Waals surface area contributed by atoms with Crippen molar-refractivity contribution >= 4 is 39.7 Å². The van der Waals surface area contributed by atoms with Gasteiger partial charge < -0.3 is 20.1 Å².